The fourth-order valence-corrected chi connectivity index (χ4v) is 2.59. The van der Waals surface area contributed by atoms with Crippen molar-refractivity contribution in [3.63, 3.8) is 0 Å². The second kappa shape index (κ2) is 6.72. The van der Waals surface area contributed by atoms with Gasteiger partial charge >= 0.3 is 11.9 Å². The fourth-order valence-electron chi connectivity index (χ4n) is 1.95. The van der Waals surface area contributed by atoms with E-state index in [2.05, 4.69) is 19.9 Å². The smallest absolute Gasteiger partial charge is 0.397 e. The predicted molar refractivity (Wildman–Crippen MR) is 86.4 cm³/mol. The molecule has 2 N–H and O–H groups in total. The molecule has 0 aliphatic rings. The molecule has 3 heterocycles. The first-order valence-electron chi connectivity index (χ1n) is 6.93. The van der Waals surface area contributed by atoms with Crippen LogP contribution in [0.15, 0.2) is 26.2 Å². The molecule has 3 rings (SSSR count). The van der Waals surface area contributed by atoms with E-state index in [4.69, 9.17) is 19.5 Å². The monoisotopic (exact) mass is 378 g/mol. The SMILES string of the molecule is Cc1nnsc1-c1onc(C)c1C(=O)ON=C(N)c1ccc([N+](=O)[O-])o1. The van der Waals surface area contributed by atoms with Crippen molar-refractivity contribution in [1.82, 2.24) is 14.7 Å². The molecule has 3 aromatic rings. The van der Waals surface area contributed by atoms with Crippen LogP contribution in [0.3, 0.4) is 0 Å². The van der Waals surface area contributed by atoms with Crippen molar-refractivity contribution in [1.29, 1.82) is 0 Å². The van der Waals surface area contributed by atoms with Gasteiger partial charge in [-0.2, -0.15) is 0 Å². The van der Waals surface area contributed by atoms with Gasteiger partial charge in [0.25, 0.3) is 0 Å². The summed E-state index contributed by atoms with van der Waals surface area (Å²) in [7, 11) is 0. The maximum Gasteiger partial charge on any atom is 0.433 e. The zero-order valence-corrected chi connectivity index (χ0v) is 14.1. The number of rotatable bonds is 5. The lowest BCUT2D eigenvalue weighted by atomic mass is 10.1. The van der Waals surface area contributed by atoms with E-state index in [-0.39, 0.29) is 28.6 Å². The third kappa shape index (κ3) is 3.14. The fraction of sp³-hybridized carbons (Fsp3) is 0.154. The van der Waals surface area contributed by atoms with E-state index in [0.717, 1.165) is 17.6 Å². The first-order chi connectivity index (χ1) is 12.4. The van der Waals surface area contributed by atoms with Gasteiger partial charge in [-0.25, -0.2) is 4.79 Å². The van der Waals surface area contributed by atoms with Crippen molar-refractivity contribution in [2.75, 3.05) is 0 Å². The number of hydrogen-bond acceptors (Lipinski definition) is 11. The highest BCUT2D eigenvalue weighted by Gasteiger charge is 2.26. The lowest BCUT2D eigenvalue weighted by molar-refractivity contribution is -0.402. The normalized spacial score (nSPS) is 11.5. The molecule has 0 saturated carbocycles. The van der Waals surface area contributed by atoms with Gasteiger partial charge in [0, 0.05) is 0 Å². The highest BCUT2D eigenvalue weighted by Crippen LogP contribution is 2.31. The van der Waals surface area contributed by atoms with E-state index < -0.39 is 16.8 Å². The summed E-state index contributed by atoms with van der Waals surface area (Å²) in [5.74, 6) is -1.71. The zero-order chi connectivity index (χ0) is 18.8. The van der Waals surface area contributed by atoms with Gasteiger partial charge in [-0.15, -0.1) is 5.10 Å². The number of carbonyl (C=O) groups is 1. The highest BCUT2D eigenvalue weighted by molar-refractivity contribution is 7.09. The van der Waals surface area contributed by atoms with Crippen molar-refractivity contribution in [3.05, 3.63) is 45.0 Å². The maximum atomic E-state index is 12.3. The summed E-state index contributed by atoms with van der Waals surface area (Å²) >= 11 is 1.03. The van der Waals surface area contributed by atoms with Crippen LogP contribution in [-0.4, -0.2) is 31.5 Å². The number of nitrogens with zero attached hydrogens (tertiary/aromatic N) is 5. The number of nitrogens with two attached hydrogens (primary N) is 1. The molecule has 13 heteroatoms. The van der Waals surface area contributed by atoms with Crippen LogP contribution < -0.4 is 5.73 Å². The number of amidine groups is 1. The second-order valence-corrected chi connectivity index (χ2v) is 5.66. The molecule has 0 unspecified atom stereocenters. The molecule has 0 aromatic carbocycles. The molecular weight excluding hydrogens is 368 g/mol. The summed E-state index contributed by atoms with van der Waals surface area (Å²) in [6, 6.07) is 2.33. The molecule has 0 fully saturated rings. The highest BCUT2D eigenvalue weighted by atomic mass is 32.1. The van der Waals surface area contributed by atoms with E-state index in [9.17, 15) is 14.9 Å². The van der Waals surface area contributed by atoms with Gasteiger partial charge in [-0.1, -0.05) is 14.8 Å². The molecule has 0 aliphatic heterocycles. The second-order valence-electron chi connectivity index (χ2n) is 4.91. The number of hydrogen-bond donors (Lipinski definition) is 1. The Balaban J connectivity index is 1.83. The van der Waals surface area contributed by atoms with Gasteiger partial charge in [0.2, 0.25) is 5.84 Å². The standard InChI is InChI=1S/C13H10N6O6S/c1-5-9(10(24-16-5)11-6(2)15-18-26-11)13(20)25-17-12(14)7-3-4-8(23-7)19(21)22/h3-4H,1-2H3,(H2,14,17). The van der Waals surface area contributed by atoms with Crippen LogP contribution in [0.5, 0.6) is 0 Å². The molecule has 0 radical (unpaired) electrons. The van der Waals surface area contributed by atoms with Crippen LogP contribution in [-0.2, 0) is 4.84 Å². The van der Waals surface area contributed by atoms with Crippen LogP contribution in [0.4, 0.5) is 5.88 Å². The maximum absolute atomic E-state index is 12.3. The average molecular weight is 378 g/mol. The lowest BCUT2D eigenvalue weighted by Crippen LogP contribution is -2.14. The van der Waals surface area contributed by atoms with Crippen LogP contribution >= 0.6 is 11.5 Å². The van der Waals surface area contributed by atoms with Crippen molar-refractivity contribution in [2.24, 2.45) is 10.9 Å². The molecule has 134 valence electrons. The summed E-state index contributed by atoms with van der Waals surface area (Å²) in [5, 5.41) is 21.6. The van der Waals surface area contributed by atoms with Crippen LogP contribution in [0.2, 0.25) is 0 Å². The van der Waals surface area contributed by atoms with E-state index >= 15 is 0 Å². The molecule has 0 amide bonds. The minimum atomic E-state index is -0.879. The zero-order valence-electron chi connectivity index (χ0n) is 13.3. The van der Waals surface area contributed by atoms with Crippen molar-refractivity contribution in [3.8, 4) is 10.6 Å². The number of aryl methyl sites for hydroxylation is 2. The molecular formula is C13H10N6O6S. The van der Waals surface area contributed by atoms with E-state index in [0.29, 0.717) is 10.6 Å². The Morgan fingerprint density at radius 2 is 2.15 bits per heavy atom. The topological polar surface area (TPSA) is 173 Å². The third-order valence-electron chi connectivity index (χ3n) is 3.18. The number of aromatic nitrogens is 3. The average Bonchev–Trinajstić information content (AvgIpc) is 3.31. The van der Waals surface area contributed by atoms with Gasteiger partial charge in [0.1, 0.15) is 15.4 Å². The Bertz CT molecular complexity index is 1020. The quantitative estimate of drug-likeness (QED) is 0.226. The van der Waals surface area contributed by atoms with Gasteiger partial charge in [0.05, 0.1) is 17.5 Å². The van der Waals surface area contributed by atoms with E-state index in [1.165, 1.54) is 6.07 Å². The largest absolute Gasteiger partial charge is 0.433 e. The Kier molecular flexibility index (Phi) is 4.45. The summed E-state index contributed by atoms with van der Waals surface area (Å²) in [4.78, 5) is 27.5. The molecule has 0 spiro atoms. The van der Waals surface area contributed by atoms with Crippen LogP contribution in [0.1, 0.15) is 27.5 Å². The lowest BCUT2D eigenvalue weighted by Gasteiger charge is -1.99. The molecule has 3 aromatic heterocycles. The van der Waals surface area contributed by atoms with Gasteiger partial charge in [-0.05, 0) is 31.4 Å². The number of carbonyl (C=O) groups excluding carboxylic acids is 1. The minimum Gasteiger partial charge on any atom is -0.397 e. The predicted octanol–water partition coefficient (Wildman–Crippen LogP) is 1.79. The van der Waals surface area contributed by atoms with E-state index in [1.807, 2.05) is 0 Å². The summed E-state index contributed by atoms with van der Waals surface area (Å²) in [5.41, 5.74) is 6.49. The molecule has 0 atom stereocenters. The molecule has 0 saturated heterocycles. The summed E-state index contributed by atoms with van der Waals surface area (Å²) in [6.07, 6.45) is 0. The van der Waals surface area contributed by atoms with Crippen molar-refractivity contribution in [2.45, 2.75) is 13.8 Å². The van der Waals surface area contributed by atoms with Gasteiger partial charge in [0.15, 0.2) is 11.5 Å². The molecule has 12 nitrogen and oxygen atoms in total. The Morgan fingerprint density at radius 1 is 1.38 bits per heavy atom. The van der Waals surface area contributed by atoms with Gasteiger partial charge in [-0.3, -0.25) is 10.1 Å². The van der Waals surface area contributed by atoms with Crippen LogP contribution in [0, 0.1) is 24.0 Å². The molecule has 0 aliphatic carbocycles. The van der Waals surface area contributed by atoms with Gasteiger partial charge < -0.3 is 19.5 Å². The molecule has 0 bridgehead atoms. The van der Waals surface area contributed by atoms with Crippen molar-refractivity contribution < 1.29 is 23.5 Å². The first-order valence-corrected chi connectivity index (χ1v) is 7.70. The Labute approximate surface area is 148 Å². The minimum absolute atomic E-state index is 0.0427. The molecule has 26 heavy (non-hydrogen) atoms. The van der Waals surface area contributed by atoms with Crippen molar-refractivity contribution >= 4 is 29.2 Å². The van der Waals surface area contributed by atoms with Crippen LogP contribution in [0.25, 0.3) is 10.6 Å². The number of furan rings is 1. The van der Waals surface area contributed by atoms with E-state index in [1.54, 1.807) is 13.8 Å². The first kappa shape index (κ1) is 17.2. The third-order valence-corrected chi connectivity index (χ3v) is 4.00. The number of nitro groups is 1. The Hall–Kier alpha value is -3.61. The number of oxime groups is 1. The summed E-state index contributed by atoms with van der Waals surface area (Å²) < 4.78 is 13.8. The summed E-state index contributed by atoms with van der Waals surface area (Å²) in [6.45, 7) is 3.25. The Morgan fingerprint density at radius 3 is 2.77 bits per heavy atom.